The largest absolute Gasteiger partial charge is 0.483 e. The van der Waals surface area contributed by atoms with E-state index in [0.29, 0.717) is 18.0 Å². The SMILES string of the molecule is O=C(COc1ccccc1Cc1ccccc1)NCc1ccc(NC(=O)c2ccco2)cc1. The van der Waals surface area contributed by atoms with Crippen LogP contribution in [0.3, 0.4) is 0 Å². The Kier molecular flexibility index (Phi) is 7.18. The molecule has 0 radical (unpaired) electrons. The number of carbonyl (C=O) groups is 2. The minimum absolute atomic E-state index is 0.0664. The van der Waals surface area contributed by atoms with Gasteiger partial charge in [0, 0.05) is 18.7 Å². The van der Waals surface area contributed by atoms with Gasteiger partial charge in [-0.05, 0) is 47.0 Å². The maximum absolute atomic E-state index is 12.3. The van der Waals surface area contributed by atoms with Crippen molar-refractivity contribution in [2.75, 3.05) is 11.9 Å². The summed E-state index contributed by atoms with van der Waals surface area (Å²) in [4.78, 5) is 24.3. The number of hydrogen-bond acceptors (Lipinski definition) is 4. The first-order valence-electron chi connectivity index (χ1n) is 10.6. The van der Waals surface area contributed by atoms with Gasteiger partial charge < -0.3 is 19.8 Å². The number of carbonyl (C=O) groups excluding carboxylic acids is 2. The first kappa shape index (κ1) is 21.9. The summed E-state index contributed by atoms with van der Waals surface area (Å²) in [7, 11) is 0. The monoisotopic (exact) mass is 440 g/mol. The molecule has 0 aliphatic carbocycles. The minimum Gasteiger partial charge on any atom is -0.483 e. The summed E-state index contributed by atoms with van der Waals surface area (Å²) in [6.07, 6.45) is 2.19. The molecular formula is C27H24N2O4. The summed E-state index contributed by atoms with van der Waals surface area (Å²) in [5, 5.41) is 5.61. The molecule has 6 nitrogen and oxygen atoms in total. The van der Waals surface area contributed by atoms with Gasteiger partial charge >= 0.3 is 0 Å². The van der Waals surface area contributed by atoms with E-state index >= 15 is 0 Å². The number of anilines is 1. The lowest BCUT2D eigenvalue weighted by Crippen LogP contribution is -2.28. The van der Waals surface area contributed by atoms with Crippen molar-refractivity contribution in [1.82, 2.24) is 5.32 Å². The lowest BCUT2D eigenvalue weighted by Gasteiger charge is -2.12. The van der Waals surface area contributed by atoms with E-state index in [-0.39, 0.29) is 24.2 Å². The second-order valence-corrected chi connectivity index (χ2v) is 7.46. The van der Waals surface area contributed by atoms with Crippen LogP contribution in [0, 0.1) is 0 Å². The number of furan rings is 1. The molecular weight excluding hydrogens is 416 g/mol. The zero-order valence-corrected chi connectivity index (χ0v) is 18.0. The van der Waals surface area contributed by atoms with E-state index in [1.807, 2.05) is 54.6 Å². The number of nitrogens with one attached hydrogen (secondary N) is 2. The molecule has 4 aromatic rings. The smallest absolute Gasteiger partial charge is 0.291 e. The van der Waals surface area contributed by atoms with Crippen molar-refractivity contribution in [2.24, 2.45) is 0 Å². The molecule has 0 saturated heterocycles. The summed E-state index contributed by atoms with van der Waals surface area (Å²) in [6.45, 7) is 0.295. The fraction of sp³-hybridized carbons (Fsp3) is 0.111. The Bertz CT molecular complexity index is 1190. The maximum atomic E-state index is 12.3. The average Bonchev–Trinajstić information content (AvgIpc) is 3.39. The third-order valence-electron chi connectivity index (χ3n) is 5.02. The van der Waals surface area contributed by atoms with Gasteiger partial charge in [0.1, 0.15) is 5.75 Å². The molecule has 0 unspecified atom stereocenters. The Hall–Kier alpha value is -4.32. The highest BCUT2D eigenvalue weighted by atomic mass is 16.5. The second-order valence-electron chi connectivity index (χ2n) is 7.46. The molecule has 3 aromatic carbocycles. The van der Waals surface area contributed by atoms with Gasteiger partial charge in [-0.2, -0.15) is 0 Å². The Morgan fingerprint density at radius 3 is 2.30 bits per heavy atom. The van der Waals surface area contributed by atoms with E-state index in [9.17, 15) is 9.59 Å². The fourth-order valence-corrected chi connectivity index (χ4v) is 3.31. The third kappa shape index (κ3) is 6.33. The Balaban J connectivity index is 1.25. The van der Waals surface area contributed by atoms with Crippen LogP contribution in [-0.2, 0) is 17.8 Å². The summed E-state index contributed by atoms with van der Waals surface area (Å²) in [5.74, 6) is 0.426. The van der Waals surface area contributed by atoms with Crippen molar-refractivity contribution < 1.29 is 18.7 Å². The first-order valence-corrected chi connectivity index (χ1v) is 10.6. The van der Waals surface area contributed by atoms with E-state index in [2.05, 4.69) is 22.8 Å². The third-order valence-corrected chi connectivity index (χ3v) is 5.02. The fourth-order valence-electron chi connectivity index (χ4n) is 3.31. The van der Waals surface area contributed by atoms with Gasteiger partial charge in [-0.25, -0.2) is 0 Å². The average molecular weight is 440 g/mol. The number of amides is 2. The summed E-state index contributed by atoms with van der Waals surface area (Å²) >= 11 is 0. The molecule has 0 bridgehead atoms. The Labute approximate surface area is 192 Å². The van der Waals surface area contributed by atoms with E-state index in [1.54, 1.807) is 24.3 Å². The van der Waals surface area contributed by atoms with Crippen molar-refractivity contribution in [3.8, 4) is 5.75 Å². The lowest BCUT2D eigenvalue weighted by molar-refractivity contribution is -0.123. The van der Waals surface area contributed by atoms with E-state index in [0.717, 1.165) is 17.5 Å². The Morgan fingerprint density at radius 1 is 0.788 bits per heavy atom. The zero-order chi connectivity index (χ0) is 22.9. The molecule has 0 fully saturated rings. The van der Waals surface area contributed by atoms with Crippen LogP contribution in [0.15, 0.2) is 102 Å². The maximum Gasteiger partial charge on any atom is 0.291 e. The molecule has 2 amide bonds. The van der Waals surface area contributed by atoms with Gasteiger partial charge in [0.15, 0.2) is 12.4 Å². The van der Waals surface area contributed by atoms with Crippen LogP contribution in [0.4, 0.5) is 5.69 Å². The van der Waals surface area contributed by atoms with Crippen LogP contribution >= 0.6 is 0 Å². The molecule has 0 saturated carbocycles. The summed E-state index contributed by atoms with van der Waals surface area (Å²) < 4.78 is 10.9. The first-order chi connectivity index (χ1) is 16.2. The molecule has 0 atom stereocenters. The number of benzene rings is 3. The molecule has 6 heteroatoms. The number of rotatable bonds is 9. The molecule has 1 aromatic heterocycles. The highest BCUT2D eigenvalue weighted by molar-refractivity contribution is 6.02. The van der Waals surface area contributed by atoms with Crippen LogP contribution in [0.5, 0.6) is 5.75 Å². The quantitative estimate of drug-likeness (QED) is 0.391. The van der Waals surface area contributed by atoms with Crippen LogP contribution in [0.2, 0.25) is 0 Å². The lowest BCUT2D eigenvalue weighted by atomic mass is 10.0. The van der Waals surface area contributed by atoms with Gasteiger partial charge in [0.25, 0.3) is 11.8 Å². The van der Waals surface area contributed by atoms with Crippen molar-refractivity contribution in [2.45, 2.75) is 13.0 Å². The van der Waals surface area contributed by atoms with Crippen LogP contribution in [0.25, 0.3) is 0 Å². The molecule has 0 aliphatic heterocycles. The van der Waals surface area contributed by atoms with Crippen molar-refractivity contribution >= 4 is 17.5 Å². The van der Waals surface area contributed by atoms with Gasteiger partial charge in [0.2, 0.25) is 0 Å². The molecule has 0 spiro atoms. The normalized spacial score (nSPS) is 10.4. The number of para-hydroxylation sites is 1. The number of hydrogen-bond donors (Lipinski definition) is 2. The molecule has 2 N–H and O–H groups in total. The van der Waals surface area contributed by atoms with E-state index in [1.165, 1.54) is 11.8 Å². The van der Waals surface area contributed by atoms with Crippen molar-refractivity contribution in [3.63, 3.8) is 0 Å². The van der Waals surface area contributed by atoms with Crippen molar-refractivity contribution in [1.29, 1.82) is 0 Å². The summed E-state index contributed by atoms with van der Waals surface area (Å²) in [6, 6.07) is 28.4. The Morgan fingerprint density at radius 2 is 1.55 bits per heavy atom. The second kappa shape index (κ2) is 10.8. The van der Waals surface area contributed by atoms with E-state index < -0.39 is 0 Å². The molecule has 0 aliphatic rings. The predicted molar refractivity (Wildman–Crippen MR) is 126 cm³/mol. The predicted octanol–water partition coefficient (Wildman–Crippen LogP) is 4.82. The van der Waals surface area contributed by atoms with Gasteiger partial charge in [-0.3, -0.25) is 9.59 Å². The zero-order valence-electron chi connectivity index (χ0n) is 18.0. The standard InChI is InChI=1S/C27H24N2O4/c30-26(19-33-24-10-5-4-9-22(24)17-20-7-2-1-3-8-20)28-18-21-12-14-23(15-13-21)29-27(31)25-11-6-16-32-25/h1-16H,17-19H2,(H,28,30)(H,29,31). The summed E-state index contributed by atoms with van der Waals surface area (Å²) in [5.41, 5.74) is 3.76. The van der Waals surface area contributed by atoms with Gasteiger partial charge in [-0.1, -0.05) is 60.7 Å². The highest BCUT2D eigenvalue weighted by Gasteiger charge is 2.10. The van der Waals surface area contributed by atoms with Crippen LogP contribution in [0.1, 0.15) is 27.2 Å². The van der Waals surface area contributed by atoms with Gasteiger partial charge in [0.05, 0.1) is 6.26 Å². The van der Waals surface area contributed by atoms with Crippen LogP contribution in [-0.4, -0.2) is 18.4 Å². The van der Waals surface area contributed by atoms with Crippen LogP contribution < -0.4 is 15.4 Å². The molecule has 166 valence electrons. The topological polar surface area (TPSA) is 80.6 Å². The van der Waals surface area contributed by atoms with E-state index in [4.69, 9.17) is 9.15 Å². The number of ether oxygens (including phenoxy) is 1. The minimum atomic E-state index is -0.314. The molecule has 33 heavy (non-hydrogen) atoms. The molecule has 4 rings (SSSR count). The highest BCUT2D eigenvalue weighted by Crippen LogP contribution is 2.21. The molecule has 1 heterocycles. The van der Waals surface area contributed by atoms with Crippen molar-refractivity contribution in [3.05, 3.63) is 120 Å². The van der Waals surface area contributed by atoms with Gasteiger partial charge in [-0.15, -0.1) is 0 Å².